The maximum Gasteiger partial charge on any atom is 0.270 e. The number of benzene rings is 1. The molecule has 0 heterocycles. The first kappa shape index (κ1) is 23.5. The molecule has 0 radical (unpaired) electrons. The fraction of sp³-hybridized carbons (Fsp3) is 0.500. The minimum absolute atomic E-state index is 0. The van der Waals surface area contributed by atoms with Crippen molar-refractivity contribution in [2.24, 2.45) is 16.6 Å². The number of sulfonamides is 1. The Morgan fingerprint density at radius 1 is 1.36 bits per heavy atom. The van der Waals surface area contributed by atoms with Gasteiger partial charge in [-0.2, -0.15) is 0 Å². The van der Waals surface area contributed by atoms with Gasteiger partial charge >= 0.3 is 0 Å². The van der Waals surface area contributed by atoms with Gasteiger partial charge in [0.05, 0.1) is 9.82 Å². The monoisotopic (exact) mass is 485 g/mol. The number of nitro groups is 1. The molecule has 0 amide bonds. The Kier molecular flexibility index (Phi) is 10.5. The highest BCUT2D eigenvalue weighted by Gasteiger charge is 2.16. The number of aliphatic imine (C=N–C) groups is 1. The van der Waals surface area contributed by atoms with Crippen molar-refractivity contribution in [3.63, 3.8) is 0 Å². The van der Waals surface area contributed by atoms with Gasteiger partial charge in [0.15, 0.2) is 5.96 Å². The number of nitro benzene ring substituents is 1. The van der Waals surface area contributed by atoms with Crippen LogP contribution in [0.2, 0.25) is 0 Å². The lowest BCUT2D eigenvalue weighted by atomic mass is 10.1. The molecular formula is C14H24IN5O4S. The van der Waals surface area contributed by atoms with Crippen molar-refractivity contribution < 1.29 is 13.3 Å². The second kappa shape index (κ2) is 11.2. The van der Waals surface area contributed by atoms with Gasteiger partial charge in [0.1, 0.15) is 0 Å². The predicted octanol–water partition coefficient (Wildman–Crippen LogP) is 1.44. The summed E-state index contributed by atoms with van der Waals surface area (Å²) in [5.41, 5.74) is 5.38. The van der Waals surface area contributed by atoms with E-state index in [4.69, 9.17) is 5.73 Å². The smallest absolute Gasteiger partial charge is 0.270 e. The minimum atomic E-state index is -3.82. The van der Waals surface area contributed by atoms with Gasteiger partial charge < -0.3 is 11.1 Å². The summed E-state index contributed by atoms with van der Waals surface area (Å²) in [7, 11) is -3.82. The van der Waals surface area contributed by atoms with Crippen LogP contribution in [0.3, 0.4) is 0 Å². The van der Waals surface area contributed by atoms with Crippen LogP contribution in [0, 0.1) is 16.0 Å². The van der Waals surface area contributed by atoms with Crippen LogP contribution in [0.4, 0.5) is 5.69 Å². The van der Waals surface area contributed by atoms with E-state index < -0.39 is 14.9 Å². The van der Waals surface area contributed by atoms with Gasteiger partial charge in [-0.25, -0.2) is 13.1 Å². The Balaban J connectivity index is 0.00000576. The van der Waals surface area contributed by atoms with Crippen molar-refractivity contribution in [1.29, 1.82) is 0 Å². The van der Waals surface area contributed by atoms with Crippen molar-refractivity contribution in [3.05, 3.63) is 34.4 Å². The van der Waals surface area contributed by atoms with E-state index in [-0.39, 0.29) is 53.6 Å². The van der Waals surface area contributed by atoms with Gasteiger partial charge in [-0.15, -0.1) is 24.0 Å². The number of nitrogens with one attached hydrogen (secondary N) is 2. The SMILES string of the molecule is CC(C)CCN=C(N)NCCNS(=O)(=O)c1cccc([N+](=O)[O-])c1.I. The maximum atomic E-state index is 12.1. The summed E-state index contributed by atoms with van der Waals surface area (Å²) in [6.07, 6.45) is 0.918. The van der Waals surface area contributed by atoms with Crippen molar-refractivity contribution in [2.45, 2.75) is 25.2 Å². The topological polar surface area (TPSA) is 140 Å². The number of guanidine groups is 1. The van der Waals surface area contributed by atoms with Crippen LogP contribution < -0.4 is 15.8 Å². The number of nitrogens with two attached hydrogens (primary N) is 1. The Bertz CT molecular complexity index is 694. The molecule has 0 atom stereocenters. The van der Waals surface area contributed by atoms with E-state index in [1.54, 1.807) is 0 Å². The lowest BCUT2D eigenvalue weighted by Crippen LogP contribution is -2.38. The lowest BCUT2D eigenvalue weighted by Gasteiger charge is -2.08. The fourth-order valence-corrected chi connectivity index (χ4v) is 2.79. The van der Waals surface area contributed by atoms with Crippen LogP contribution in [0.1, 0.15) is 20.3 Å². The average molecular weight is 485 g/mol. The van der Waals surface area contributed by atoms with Crippen molar-refractivity contribution in [2.75, 3.05) is 19.6 Å². The first-order valence-corrected chi connectivity index (χ1v) is 8.98. The van der Waals surface area contributed by atoms with E-state index in [0.29, 0.717) is 12.5 Å². The molecule has 1 aromatic carbocycles. The molecule has 25 heavy (non-hydrogen) atoms. The van der Waals surface area contributed by atoms with E-state index >= 15 is 0 Å². The highest BCUT2D eigenvalue weighted by atomic mass is 127. The van der Waals surface area contributed by atoms with Gasteiger partial charge in [-0.1, -0.05) is 19.9 Å². The van der Waals surface area contributed by atoms with Crippen LogP contribution in [-0.4, -0.2) is 38.9 Å². The number of non-ortho nitro benzene ring substituents is 1. The third-order valence-corrected chi connectivity index (χ3v) is 4.51. The molecule has 0 unspecified atom stereocenters. The predicted molar refractivity (Wildman–Crippen MR) is 108 cm³/mol. The van der Waals surface area contributed by atoms with Crippen molar-refractivity contribution >= 4 is 45.6 Å². The molecule has 0 aliphatic heterocycles. The van der Waals surface area contributed by atoms with E-state index in [0.717, 1.165) is 12.5 Å². The second-order valence-electron chi connectivity index (χ2n) is 5.53. The number of rotatable bonds is 9. The molecule has 0 fully saturated rings. The molecule has 0 aromatic heterocycles. The third-order valence-electron chi connectivity index (χ3n) is 3.05. The van der Waals surface area contributed by atoms with Crippen LogP contribution >= 0.6 is 24.0 Å². The third kappa shape index (κ3) is 8.97. The number of hydrogen-bond acceptors (Lipinski definition) is 5. The van der Waals surface area contributed by atoms with Crippen molar-refractivity contribution in [3.8, 4) is 0 Å². The molecule has 11 heteroatoms. The zero-order valence-corrected chi connectivity index (χ0v) is 17.3. The zero-order valence-electron chi connectivity index (χ0n) is 14.1. The van der Waals surface area contributed by atoms with Crippen LogP contribution in [-0.2, 0) is 10.0 Å². The summed E-state index contributed by atoms with van der Waals surface area (Å²) in [6.45, 7) is 5.11. The molecule has 0 saturated carbocycles. The maximum absolute atomic E-state index is 12.1. The van der Waals surface area contributed by atoms with E-state index in [9.17, 15) is 18.5 Å². The molecule has 9 nitrogen and oxygen atoms in total. The zero-order chi connectivity index (χ0) is 18.2. The summed E-state index contributed by atoms with van der Waals surface area (Å²) in [4.78, 5) is 14.0. The van der Waals surface area contributed by atoms with Crippen LogP contribution in [0.5, 0.6) is 0 Å². The quantitative estimate of drug-likeness (QED) is 0.121. The van der Waals surface area contributed by atoms with Gasteiger partial charge in [-0.3, -0.25) is 15.1 Å². The van der Waals surface area contributed by atoms with E-state index in [1.807, 2.05) is 0 Å². The first-order chi connectivity index (χ1) is 11.2. The summed E-state index contributed by atoms with van der Waals surface area (Å²) in [5.74, 6) is 0.786. The summed E-state index contributed by atoms with van der Waals surface area (Å²) in [6, 6.07) is 4.86. The molecule has 142 valence electrons. The highest BCUT2D eigenvalue weighted by molar-refractivity contribution is 14.0. The van der Waals surface area contributed by atoms with Crippen molar-refractivity contribution in [1.82, 2.24) is 10.0 Å². The lowest BCUT2D eigenvalue weighted by molar-refractivity contribution is -0.385. The van der Waals surface area contributed by atoms with E-state index in [1.165, 1.54) is 18.2 Å². The summed E-state index contributed by atoms with van der Waals surface area (Å²) < 4.78 is 26.5. The normalized spacial score (nSPS) is 11.9. The van der Waals surface area contributed by atoms with Crippen LogP contribution in [0.15, 0.2) is 34.2 Å². The molecule has 0 aliphatic carbocycles. The number of nitrogens with zero attached hydrogens (tertiary/aromatic N) is 2. The first-order valence-electron chi connectivity index (χ1n) is 7.50. The summed E-state index contributed by atoms with van der Waals surface area (Å²) >= 11 is 0. The van der Waals surface area contributed by atoms with Gasteiger partial charge in [0.25, 0.3) is 5.69 Å². The fourth-order valence-electron chi connectivity index (χ4n) is 1.72. The average Bonchev–Trinajstić information content (AvgIpc) is 2.51. The Labute approximate surface area is 164 Å². The standard InChI is InChI=1S/C14H23N5O4S.HI/c1-11(2)6-7-16-14(15)17-8-9-18-24(22,23)13-5-3-4-12(10-13)19(20)21;/h3-5,10-11,18H,6-9H2,1-2H3,(H3,15,16,17);1H. The number of halogens is 1. The molecule has 4 N–H and O–H groups in total. The Morgan fingerprint density at radius 3 is 2.64 bits per heavy atom. The Hall–Kier alpha value is -1.47. The van der Waals surface area contributed by atoms with E-state index in [2.05, 4.69) is 28.9 Å². The van der Waals surface area contributed by atoms with Gasteiger partial charge in [-0.05, 0) is 18.4 Å². The summed E-state index contributed by atoms with van der Waals surface area (Å²) in [5, 5.41) is 13.5. The molecular weight excluding hydrogens is 461 g/mol. The molecule has 0 bridgehead atoms. The van der Waals surface area contributed by atoms with Gasteiger partial charge in [0, 0.05) is 31.8 Å². The Morgan fingerprint density at radius 2 is 2.04 bits per heavy atom. The molecule has 0 aliphatic rings. The molecule has 0 saturated heterocycles. The molecule has 1 rings (SSSR count). The second-order valence-corrected chi connectivity index (χ2v) is 7.30. The molecule has 1 aromatic rings. The van der Waals surface area contributed by atoms with Crippen LogP contribution in [0.25, 0.3) is 0 Å². The largest absolute Gasteiger partial charge is 0.370 e. The number of hydrogen-bond donors (Lipinski definition) is 3. The van der Waals surface area contributed by atoms with Gasteiger partial charge in [0.2, 0.25) is 10.0 Å². The minimum Gasteiger partial charge on any atom is -0.370 e. The molecule has 0 spiro atoms. The highest BCUT2D eigenvalue weighted by Crippen LogP contribution is 2.16.